The van der Waals surface area contributed by atoms with E-state index in [1.165, 1.54) is 6.20 Å². The van der Waals surface area contributed by atoms with E-state index in [1.807, 2.05) is 54.6 Å². The zero-order valence-corrected chi connectivity index (χ0v) is 14.7. The lowest BCUT2D eigenvalue weighted by atomic mass is 10.2. The lowest BCUT2D eigenvalue weighted by molar-refractivity contribution is 0.306. The fourth-order valence-electron chi connectivity index (χ4n) is 2.06. The lowest BCUT2D eigenvalue weighted by Gasteiger charge is -2.07. The van der Waals surface area contributed by atoms with Crippen molar-refractivity contribution in [1.29, 1.82) is 0 Å². The van der Waals surface area contributed by atoms with Crippen LogP contribution in [0.15, 0.2) is 75.2 Å². The summed E-state index contributed by atoms with van der Waals surface area (Å²) in [5.41, 5.74) is 4.91. The van der Waals surface area contributed by atoms with Crippen LogP contribution >= 0.6 is 15.9 Å². The standard InChI is InChI=1S/C18H15BrN4O2/c19-17-16(11-21-23-18(17)24)22-20-10-14-7-4-8-15(9-14)25-12-13-5-2-1-3-6-13/h1-11H,12H2,(H2,22,23,24)/b20-10+. The van der Waals surface area contributed by atoms with E-state index in [2.05, 4.69) is 36.7 Å². The molecule has 3 aromatic rings. The number of hydrogen-bond acceptors (Lipinski definition) is 5. The summed E-state index contributed by atoms with van der Waals surface area (Å²) in [5.74, 6) is 0.756. The molecule has 3 rings (SSSR count). The first-order valence-electron chi connectivity index (χ1n) is 7.51. The summed E-state index contributed by atoms with van der Waals surface area (Å²) < 4.78 is 6.13. The van der Waals surface area contributed by atoms with Crippen molar-refractivity contribution in [1.82, 2.24) is 10.2 Å². The Morgan fingerprint density at radius 2 is 2.04 bits per heavy atom. The van der Waals surface area contributed by atoms with Gasteiger partial charge >= 0.3 is 0 Å². The van der Waals surface area contributed by atoms with Crippen LogP contribution in [0.3, 0.4) is 0 Å². The molecule has 0 amide bonds. The zero-order chi connectivity index (χ0) is 17.5. The van der Waals surface area contributed by atoms with Crippen LogP contribution < -0.4 is 15.7 Å². The molecule has 0 bridgehead atoms. The van der Waals surface area contributed by atoms with E-state index < -0.39 is 0 Å². The number of hydrazone groups is 1. The third-order valence-corrected chi connectivity index (χ3v) is 4.09. The molecule has 1 aromatic heterocycles. The van der Waals surface area contributed by atoms with Gasteiger partial charge in [-0.3, -0.25) is 10.2 Å². The van der Waals surface area contributed by atoms with E-state index in [9.17, 15) is 4.79 Å². The Kier molecular flexibility index (Phi) is 5.58. The first-order chi connectivity index (χ1) is 12.2. The fourth-order valence-corrected chi connectivity index (χ4v) is 2.34. The van der Waals surface area contributed by atoms with Crippen molar-refractivity contribution in [3.8, 4) is 5.75 Å². The summed E-state index contributed by atoms with van der Waals surface area (Å²) in [7, 11) is 0. The Balaban J connectivity index is 1.63. The second-order valence-corrected chi connectivity index (χ2v) is 5.94. The summed E-state index contributed by atoms with van der Waals surface area (Å²) in [6.45, 7) is 0.505. The Morgan fingerprint density at radius 1 is 1.20 bits per heavy atom. The monoisotopic (exact) mass is 398 g/mol. The normalized spacial score (nSPS) is 10.8. The summed E-state index contributed by atoms with van der Waals surface area (Å²) >= 11 is 3.18. The number of rotatable bonds is 6. The van der Waals surface area contributed by atoms with Crippen molar-refractivity contribution >= 4 is 27.8 Å². The predicted molar refractivity (Wildman–Crippen MR) is 101 cm³/mol. The van der Waals surface area contributed by atoms with Gasteiger partial charge < -0.3 is 4.74 Å². The quantitative estimate of drug-likeness (QED) is 0.491. The van der Waals surface area contributed by atoms with E-state index in [1.54, 1.807) is 6.21 Å². The van der Waals surface area contributed by atoms with Crippen LogP contribution in [0.4, 0.5) is 5.69 Å². The molecule has 0 aliphatic carbocycles. The minimum absolute atomic E-state index is 0.323. The number of benzene rings is 2. The van der Waals surface area contributed by atoms with Crippen molar-refractivity contribution in [3.63, 3.8) is 0 Å². The molecule has 2 aromatic carbocycles. The molecule has 2 N–H and O–H groups in total. The SMILES string of the molecule is O=c1[nH]ncc(N/N=C/c2cccc(OCc3ccccc3)c2)c1Br. The Bertz CT molecular complexity index is 926. The van der Waals surface area contributed by atoms with Gasteiger partial charge in [-0.25, -0.2) is 5.10 Å². The maximum atomic E-state index is 11.4. The minimum atomic E-state index is -0.323. The highest BCUT2D eigenvalue weighted by molar-refractivity contribution is 9.10. The minimum Gasteiger partial charge on any atom is -0.489 e. The number of nitrogens with one attached hydrogen (secondary N) is 2. The molecule has 0 spiro atoms. The largest absolute Gasteiger partial charge is 0.489 e. The number of nitrogens with zero attached hydrogens (tertiary/aromatic N) is 2. The summed E-state index contributed by atoms with van der Waals surface area (Å²) in [6.07, 6.45) is 3.12. The van der Waals surface area contributed by atoms with Crippen LogP contribution in [-0.4, -0.2) is 16.4 Å². The molecule has 6 nitrogen and oxygen atoms in total. The number of aromatic amines is 1. The molecule has 0 saturated heterocycles. The topological polar surface area (TPSA) is 79.4 Å². The Hall–Kier alpha value is -2.93. The highest BCUT2D eigenvalue weighted by Crippen LogP contribution is 2.16. The number of ether oxygens (including phenoxy) is 1. The second-order valence-electron chi connectivity index (χ2n) is 5.14. The molecule has 0 saturated carbocycles. The van der Waals surface area contributed by atoms with Gasteiger partial charge in [0.15, 0.2) is 0 Å². The molecule has 126 valence electrons. The van der Waals surface area contributed by atoms with Crippen LogP contribution in [0.25, 0.3) is 0 Å². The lowest BCUT2D eigenvalue weighted by Crippen LogP contribution is -2.10. The summed E-state index contributed by atoms with van der Waals surface area (Å²) in [6, 6.07) is 17.6. The van der Waals surface area contributed by atoms with E-state index in [-0.39, 0.29) is 5.56 Å². The van der Waals surface area contributed by atoms with Crippen molar-refractivity contribution in [2.24, 2.45) is 5.10 Å². The molecule has 0 radical (unpaired) electrons. The first-order valence-corrected chi connectivity index (χ1v) is 8.31. The van der Waals surface area contributed by atoms with Gasteiger partial charge in [0, 0.05) is 0 Å². The van der Waals surface area contributed by atoms with E-state index in [0.29, 0.717) is 16.8 Å². The molecule has 0 fully saturated rings. The fraction of sp³-hybridized carbons (Fsp3) is 0.0556. The number of aromatic nitrogens is 2. The number of halogens is 1. The average Bonchev–Trinajstić information content (AvgIpc) is 2.65. The van der Waals surface area contributed by atoms with Gasteiger partial charge in [-0.05, 0) is 39.2 Å². The zero-order valence-electron chi connectivity index (χ0n) is 13.1. The van der Waals surface area contributed by atoms with E-state index in [4.69, 9.17) is 4.74 Å². The van der Waals surface area contributed by atoms with Gasteiger partial charge in [-0.2, -0.15) is 10.2 Å². The number of hydrogen-bond donors (Lipinski definition) is 2. The van der Waals surface area contributed by atoms with Crippen LogP contribution in [-0.2, 0) is 6.61 Å². The van der Waals surface area contributed by atoms with E-state index >= 15 is 0 Å². The maximum absolute atomic E-state index is 11.4. The van der Waals surface area contributed by atoms with Crippen LogP contribution in [0.1, 0.15) is 11.1 Å². The van der Waals surface area contributed by atoms with Crippen LogP contribution in [0.2, 0.25) is 0 Å². The predicted octanol–water partition coefficient (Wildman–Crippen LogP) is 3.56. The smallest absolute Gasteiger partial charge is 0.280 e. The number of H-pyrrole nitrogens is 1. The summed E-state index contributed by atoms with van der Waals surface area (Å²) in [5, 5.41) is 10.2. The third-order valence-electron chi connectivity index (χ3n) is 3.30. The van der Waals surface area contributed by atoms with Crippen molar-refractivity contribution in [3.05, 3.63) is 86.7 Å². The first kappa shape index (κ1) is 16.9. The maximum Gasteiger partial charge on any atom is 0.280 e. The van der Waals surface area contributed by atoms with Gasteiger partial charge in [0.25, 0.3) is 5.56 Å². The van der Waals surface area contributed by atoms with Crippen LogP contribution in [0.5, 0.6) is 5.75 Å². The molecular weight excluding hydrogens is 384 g/mol. The molecule has 0 aliphatic heterocycles. The van der Waals surface area contributed by atoms with Gasteiger partial charge in [0.05, 0.1) is 18.1 Å². The highest BCUT2D eigenvalue weighted by Gasteiger charge is 2.02. The van der Waals surface area contributed by atoms with Gasteiger partial charge in [-0.15, -0.1) is 0 Å². The van der Waals surface area contributed by atoms with E-state index in [0.717, 1.165) is 16.9 Å². The van der Waals surface area contributed by atoms with Crippen molar-refractivity contribution in [2.45, 2.75) is 6.61 Å². The highest BCUT2D eigenvalue weighted by atomic mass is 79.9. The average molecular weight is 399 g/mol. The van der Waals surface area contributed by atoms with Crippen molar-refractivity contribution < 1.29 is 4.74 Å². The molecule has 0 aliphatic rings. The van der Waals surface area contributed by atoms with Gasteiger partial charge in [-0.1, -0.05) is 42.5 Å². The molecule has 0 unspecified atom stereocenters. The molecule has 25 heavy (non-hydrogen) atoms. The number of anilines is 1. The Morgan fingerprint density at radius 3 is 2.88 bits per heavy atom. The van der Waals surface area contributed by atoms with Gasteiger partial charge in [0.1, 0.15) is 16.8 Å². The Labute approximate surface area is 152 Å². The molecule has 7 heteroatoms. The molecular formula is C18H15BrN4O2. The van der Waals surface area contributed by atoms with Crippen LogP contribution in [0, 0.1) is 0 Å². The van der Waals surface area contributed by atoms with Gasteiger partial charge in [0.2, 0.25) is 0 Å². The summed E-state index contributed by atoms with van der Waals surface area (Å²) in [4.78, 5) is 11.4. The molecule has 1 heterocycles. The van der Waals surface area contributed by atoms with Crippen molar-refractivity contribution in [2.75, 3.05) is 5.43 Å². The molecule has 0 atom stereocenters. The second kappa shape index (κ2) is 8.25. The third kappa shape index (κ3) is 4.77.